The average Bonchev–Trinajstić information content (AvgIpc) is 2.10. The summed E-state index contributed by atoms with van der Waals surface area (Å²) in [6.07, 6.45) is -0.634. The summed E-state index contributed by atoms with van der Waals surface area (Å²) in [7, 11) is 0. The number of hydrogen-bond acceptors (Lipinski definition) is 3. The Hall–Kier alpha value is -1.78. The first-order valence-electron chi connectivity index (χ1n) is 5.24. The summed E-state index contributed by atoms with van der Waals surface area (Å²) < 4.78 is 18.2. The van der Waals surface area contributed by atoms with E-state index in [2.05, 4.69) is 5.32 Å². The van der Waals surface area contributed by atoms with Gasteiger partial charge < -0.3 is 10.5 Å². The summed E-state index contributed by atoms with van der Waals surface area (Å²) in [4.78, 5) is 11.5. The number of nitrogen functional groups attached to an aromatic ring is 1. The molecule has 5 heteroatoms. The number of benzene rings is 1. The van der Waals surface area contributed by atoms with Crippen molar-refractivity contribution in [2.75, 3.05) is 11.1 Å². The monoisotopic (exact) mass is 240 g/mol. The number of carbonyl (C=O) groups excluding carboxylic acids is 1. The second kappa shape index (κ2) is 4.61. The number of ether oxygens (including phenoxy) is 1. The highest BCUT2D eigenvalue weighted by Crippen LogP contribution is 2.23. The minimum Gasteiger partial charge on any atom is -0.444 e. The largest absolute Gasteiger partial charge is 0.444 e. The first-order chi connectivity index (χ1) is 7.69. The van der Waals surface area contributed by atoms with Crippen LogP contribution in [-0.4, -0.2) is 11.7 Å². The normalized spacial score (nSPS) is 11.1. The minimum absolute atomic E-state index is 0.288. The molecule has 3 N–H and O–H groups in total. The molecule has 0 aliphatic carbocycles. The van der Waals surface area contributed by atoms with Crippen molar-refractivity contribution in [1.82, 2.24) is 0 Å². The molecule has 0 saturated carbocycles. The van der Waals surface area contributed by atoms with Crippen molar-refractivity contribution in [3.05, 3.63) is 23.5 Å². The molecule has 0 unspecified atom stereocenters. The van der Waals surface area contributed by atoms with Crippen LogP contribution in [0.4, 0.5) is 20.6 Å². The van der Waals surface area contributed by atoms with Crippen LogP contribution in [0.3, 0.4) is 0 Å². The lowest BCUT2D eigenvalue weighted by Crippen LogP contribution is -2.27. The van der Waals surface area contributed by atoms with Gasteiger partial charge in [0.1, 0.15) is 11.4 Å². The third kappa shape index (κ3) is 3.94. The number of amides is 1. The Balaban J connectivity index is 2.85. The molecule has 0 fully saturated rings. The van der Waals surface area contributed by atoms with E-state index in [1.54, 1.807) is 27.7 Å². The Kier molecular flexibility index (Phi) is 3.60. The predicted molar refractivity (Wildman–Crippen MR) is 65.4 cm³/mol. The van der Waals surface area contributed by atoms with Crippen molar-refractivity contribution < 1.29 is 13.9 Å². The average molecular weight is 240 g/mol. The Morgan fingerprint density at radius 1 is 1.41 bits per heavy atom. The van der Waals surface area contributed by atoms with E-state index >= 15 is 0 Å². The topological polar surface area (TPSA) is 64.3 Å². The first kappa shape index (κ1) is 13.3. The Bertz CT molecular complexity index is 439. The molecule has 1 rings (SSSR count). The molecule has 0 saturated heterocycles. The standard InChI is InChI=1S/C12H17FN2O2/c1-7-9(14)5-8(13)6-10(7)15-11(16)17-12(2,3)4/h5-6H,14H2,1-4H3,(H,15,16). The zero-order chi connectivity index (χ0) is 13.2. The molecule has 94 valence electrons. The minimum atomic E-state index is -0.634. The molecular weight excluding hydrogens is 223 g/mol. The van der Waals surface area contributed by atoms with Crippen molar-refractivity contribution in [3.8, 4) is 0 Å². The maximum absolute atomic E-state index is 13.1. The summed E-state index contributed by atoms with van der Waals surface area (Å²) >= 11 is 0. The molecule has 0 heterocycles. The zero-order valence-corrected chi connectivity index (χ0v) is 10.4. The van der Waals surface area contributed by atoms with Crippen LogP contribution in [0.1, 0.15) is 26.3 Å². The third-order valence-corrected chi connectivity index (χ3v) is 2.05. The maximum atomic E-state index is 13.1. The molecular formula is C12H17FN2O2. The molecule has 1 aromatic carbocycles. The Morgan fingerprint density at radius 2 is 2.00 bits per heavy atom. The van der Waals surface area contributed by atoms with Crippen molar-refractivity contribution >= 4 is 17.5 Å². The van der Waals surface area contributed by atoms with Crippen LogP contribution in [0.5, 0.6) is 0 Å². The number of nitrogens with one attached hydrogen (secondary N) is 1. The van der Waals surface area contributed by atoms with Gasteiger partial charge in [0.15, 0.2) is 0 Å². The molecule has 4 nitrogen and oxygen atoms in total. The van der Waals surface area contributed by atoms with E-state index in [0.29, 0.717) is 11.3 Å². The maximum Gasteiger partial charge on any atom is 0.412 e. The van der Waals surface area contributed by atoms with Gasteiger partial charge in [-0.3, -0.25) is 5.32 Å². The van der Waals surface area contributed by atoms with Crippen LogP contribution in [0.15, 0.2) is 12.1 Å². The van der Waals surface area contributed by atoms with Gasteiger partial charge in [-0.1, -0.05) is 0 Å². The zero-order valence-electron chi connectivity index (χ0n) is 10.4. The highest BCUT2D eigenvalue weighted by molar-refractivity contribution is 5.87. The molecule has 17 heavy (non-hydrogen) atoms. The van der Waals surface area contributed by atoms with E-state index in [-0.39, 0.29) is 5.69 Å². The third-order valence-electron chi connectivity index (χ3n) is 2.05. The lowest BCUT2D eigenvalue weighted by atomic mass is 10.1. The molecule has 1 amide bonds. The summed E-state index contributed by atoms with van der Waals surface area (Å²) in [5, 5.41) is 2.47. The summed E-state index contributed by atoms with van der Waals surface area (Å²) in [6, 6.07) is 2.41. The van der Waals surface area contributed by atoms with E-state index in [1.807, 2.05) is 0 Å². The number of hydrogen-bond donors (Lipinski definition) is 2. The van der Waals surface area contributed by atoms with Gasteiger partial charge in [0.05, 0.1) is 5.69 Å². The molecule has 0 aromatic heterocycles. The van der Waals surface area contributed by atoms with Gasteiger partial charge >= 0.3 is 6.09 Å². The second-order valence-electron chi connectivity index (χ2n) is 4.79. The fraction of sp³-hybridized carbons (Fsp3) is 0.417. The number of anilines is 2. The van der Waals surface area contributed by atoms with E-state index in [0.717, 1.165) is 0 Å². The summed E-state index contributed by atoms with van der Waals surface area (Å²) in [6.45, 7) is 6.94. The lowest BCUT2D eigenvalue weighted by Gasteiger charge is -2.20. The number of halogens is 1. The second-order valence-corrected chi connectivity index (χ2v) is 4.79. The Labute approximate surface area is 100.0 Å². The van der Waals surface area contributed by atoms with Gasteiger partial charge in [-0.25, -0.2) is 9.18 Å². The molecule has 0 aliphatic rings. The smallest absolute Gasteiger partial charge is 0.412 e. The Morgan fingerprint density at radius 3 is 2.53 bits per heavy atom. The van der Waals surface area contributed by atoms with Crippen molar-refractivity contribution in [3.63, 3.8) is 0 Å². The van der Waals surface area contributed by atoms with Crippen LogP contribution in [0, 0.1) is 12.7 Å². The van der Waals surface area contributed by atoms with Gasteiger partial charge in [0.2, 0.25) is 0 Å². The quantitative estimate of drug-likeness (QED) is 0.741. The predicted octanol–water partition coefficient (Wildman–Crippen LogP) is 3.06. The SMILES string of the molecule is Cc1c(N)cc(F)cc1NC(=O)OC(C)(C)C. The van der Waals surface area contributed by atoms with E-state index in [4.69, 9.17) is 10.5 Å². The van der Waals surface area contributed by atoms with E-state index < -0.39 is 17.5 Å². The summed E-state index contributed by atoms with van der Waals surface area (Å²) in [5.74, 6) is -0.501. The van der Waals surface area contributed by atoms with Gasteiger partial charge in [0.25, 0.3) is 0 Å². The molecule has 0 radical (unpaired) electrons. The van der Waals surface area contributed by atoms with Crippen LogP contribution in [-0.2, 0) is 4.74 Å². The van der Waals surface area contributed by atoms with Crippen LogP contribution in [0.25, 0.3) is 0 Å². The summed E-state index contributed by atoms with van der Waals surface area (Å²) in [5.41, 5.74) is 6.21. The molecule has 0 bridgehead atoms. The molecule has 1 aromatic rings. The van der Waals surface area contributed by atoms with Crippen molar-refractivity contribution in [2.24, 2.45) is 0 Å². The van der Waals surface area contributed by atoms with E-state index in [1.165, 1.54) is 12.1 Å². The van der Waals surface area contributed by atoms with Crippen LogP contribution >= 0.6 is 0 Å². The van der Waals surface area contributed by atoms with Crippen LogP contribution < -0.4 is 11.1 Å². The number of nitrogens with two attached hydrogens (primary N) is 1. The lowest BCUT2D eigenvalue weighted by molar-refractivity contribution is 0.0636. The van der Waals surface area contributed by atoms with Crippen molar-refractivity contribution in [1.29, 1.82) is 0 Å². The van der Waals surface area contributed by atoms with Crippen molar-refractivity contribution in [2.45, 2.75) is 33.3 Å². The van der Waals surface area contributed by atoms with Gasteiger partial charge in [-0.2, -0.15) is 0 Å². The highest BCUT2D eigenvalue weighted by atomic mass is 19.1. The van der Waals surface area contributed by atoms with Gasteiger partial charge in [-0.15, -0.1) is 0 Å². The van der Waals surface area contributed by atoms with E-state index in [9.17, 15) is 9.18 Å². The van der Waals surface area contributed by atoms with Gasteiger partial charge in [0, 0.05) is 5.69 Å². The molecule has 0 atom stereocenters. The molecule has 0 aliphatic heterocycles. The fourth-order valence-corrected chi connectivity index (χ4v) is 1.24. The fourth-order valence-electron chi connectivity index (χ4n) is 1.24. The first-order valence-corrected chi connectivity index (χ1v) is 5.24. The number of carbonyl (C=O) groups is 1. The van der Waals surface area contributed by atoms with Crippen LogP contribution in [0.2, 0.25) is 0 Å². The number of rotatable bonds is 1. The highest BCUT2D eigenvalue weighted by Gasteiger charge is 2.17. The van der Waals surface area contributed by atoms with Gasteiger partial charge in [-0.05, 0) is 45.4 Å². The molecule has 0 spiro atoms.